The van der Waals surface area contributed by atoms with Crippen LogP contribution in [0.4, 0.5) is 5.69 Å². The molecule has 0 aliphatic rings. The molecular formula is C14H24N2O6. The van der Waals surface area contributed by atoms with E-state index in [1.54, 1.807) is 24.1 Å². The highest BCUT2D eigenvalue weighted by Gasteiger charge is 2.30. The minimum Gasteiger partial charge on any atom is -0.506 e. The van der Waals surface area contributed by atoms with Crippen LogP contribution in [0.15, 0.2) is 18.2 Å². The summed E-state index contributed by atoms with van der Waals surface area (Å²) in [6.07, 6.45) is -6.06. The van der Waals surface area contributed by atoms with Crippen LogP contribution in [0.25, 0.3) is 0 Å². The monoisotopic (exact) mass is 316 g/mol. The van der Waals surface area contributed by atoms with Gasteiger partial charge in [-0.3, -0.25) is 4.90 Å². The number of hydrogen-bond acceptors (Lipinski definition) is 8. The molecule has 0 aliphatic carbocycles. The van der Waals surface area contributed by atoms with E-state index in [-0.39, 0.29) is 18.0 Å². The first-order chi connectivity index (χ1) is 10.3. The van der Waals surface area contributed by atoms with E-state index in [1.807, 2.05) is 0 Å². The number of phenols is 1. The molecule has 0 amide bonds. The van der Waals surface area contributed by atoms with Gasteiger partial charge in [0.1, 0.15) is 24.1 Å². The molecule has 0 heterocycles. The van der Waals surface area contributed by atoms with Crippen LogP contribution >= 0.6 is 0 Å². The molecule has 0 aliphatic heterocycles. The topological polar surface area (TPSA) is 151 Å². The van der Waals surface area contributed by atoms with Gasteiger partial charge in [0.25, 0.3) is 0 Å². The van der Waals surface area contributed by atoms with E-state index < -0.39 is 31.0 Å². The maximum Gasteiger partial charge on any atom is 0.138 e. The summed E-state index contributed by atoms with van der Waals surface area (Å²) in [5, 5.41) is 56.5. The molecule has 8 heteroatoms. The minimum absolute atomic E-state index is 0.0111. The molecule has 0 spiro atoms. The van der Waals surface area contributed by atoms with E-state index in [0.717, 1.165) is 5.56 Å². The Morgan fingerprint density at radius 3 is 2.23 bits per heavy atom. The lowest BCUT2D eigenvalue weighted by Gasteiger charge is -2.28. The average Bonchev–Trinajstić information content (AvgIpc) is 2.48. The van der Waals surface area contributed by atoms with Crippen molar-refractivity contribution in [1.29, 1.82) is 0 Å². The molecule has 1 rings (SSSR count). The van der Waals surface area contributed by atoms with Crippen molar-refractivity contribution in [2.45, 2.75) is 31.0 Å². The minimum atomic E-state index is -1.64. The highest BCUT2D eigenvalue weighted by Crippen LogP contribution is 2.21. The van der Waals surface area contributed by atoms with Crippen LogP contribution in [0.5, 0.6) is 5.75 Å². The zero-order valence-electron chi connectivity index (χ0n) is 12.4. The molecule has 0 radical (unpaired) electrons. The van der Waals surface area contributed by atoms with Crippen LogP contribution in [0.2, 0.25) is 0 Å². The standard InChI is InChI=1S/C14H24N2O6/c1-16(5-8-2-3-10(18)9(15)4-8)6-11(19)13(21)14(22)12(20)7-17/h2-4,11-14,17-22H,5-7,15H2,1H3/t11-,12+,13+,14+/m0/s1. The number of hydrogen-bond donors (Lipinski definition) is 7. The molecule has 4 atom stereocenters. The zero-order chi connectivity index (χ0) is 16.9. The first-order valence-electron chi connectivity index (χ1n) is 6.85. The van der Waals surface area contributed by atoms with Gasteiger partial charge in [-0.05, 0) is 24.7 Å². The summed E-state index contributed by atoms with van der Waals surface area (Å²) in [4.78, 5) is 1.68. The molecule has 0 bridgehead atoms. The van der Waals surface area contributed by atoms with Gasteiger partial charge < -0.3 is 36.4 Å². The van der Waals surface area contributed by atoms with E-state index in [4.69, 9.17) is 10.8 Å². The summed E-state index contributed by atoms with van der Waals surface area (Å²) in [6, 6.07) is 4.74. The number of likely N-dealkylation sites (N-methyl/N-ethyl adjacent to an activating group) is 1. The van der Waals surface area contributed by atoms with Crippen molar-refractivity contribution >= 4 is 5.69 Å². The van der Waals surface area contributed by atoms with Gasteiger partial charge in [-0.1, -0.05) is 6.07 Å². The predicted octanol–water partition coefficient (Wildman–Crippen LogP) is -2.16. The van der Waals surface area contributed by atoms with Crippen molar-refractivity contribution in [1.82, 2.24) is 4.90 Å². The Kier molecular flexibility index (Phi) is 7.01. The predicted molar refractivity (Wildman–Crippen MR) is 80.0 cm³/mol. The van der Waals surface area contributed by atoms with Crippen molar-refractivity contribution in [2.75, 3.05) is 25.9 Å². The Hall–Kier alpha value is -1.42. The lowest BCUT2D eigenvalue weighted by atomic mass is 10.0. The third-order valence-electron chi connectivity index (χ3n) is 3.37. The molecule has 0 saturated heterocycles. The molecule has 8 nitrogen and oxygen atoms in total. The molecular weight excluding hydrogens is 292 g/mol. The number of aliphatic hydroxyl groups is 5. The van der Waals surface area contributed by atoms with Crippen LogP contribution in [0.3, 0.4) is 0 Å². The first kappa shape index (κ1) is 18.6. The Morgan fingerprint density at radius 2 is 1.68 bits per heavy atom. The highest BCUT2D eigenvalue weighted by molar-refractivity contribution is 5.53. The van der Waals surface area contributed by atoms with Crippen molar-refractivity contribution < 1.29 is 30.6 Å². The van der Waals surface area contributed by atoms with Gasteiger partial charge in [-0.25, -0.2) is 0 Å². The number of rotatable bonds is 8. The largest absolute Gasteiger partial charge is 0.506 e. The van der Waals surface area contributed by atoms with Crippen LogP contribution in [-0.2, 0) is 6.54 Å². The number of nitrogen functional groups attached to an aromatic ring is 1. The normalized spacial score (nSPS) is 17.2. The lowest BCUT2D eigenvalue weighted by molar-refractivity contribution is -0.118. The van der Waals surface area contributed by atoms with Crippen LogP contribution < -0.4 is 5.73 Å². The summed E-state index contributed by atoms with van der Waals surface area (Å²) < 4.78 is 0. The number of aromatic hydroxyl groups is 1. The Balaban J connectivity index is 2.56. The summed E-state index contributed by atoms with van der Waals surface area (Å²) in [5.41, 5.74) is 6.64. The maximum absolute atomic E-state index is 9.87. The van der Waals surface area contributed by atoms with Gasteiger partial charge in [-0.15, -0.1) is 0 Å². The fraction of sp³-hybridized carbons (Fsp3) is 0.571. The molecule has 22 heavy (non-hydrogen) atoms. The summed E-state index contributed by atoms with van der Waals surface area (Å²) in [7, 11) is 1.69. The summed E-state index contributed by atoms with van der Waals surface area (Å²) in [5.74, 6) is -0.0111. The average molecular weight is 316 g/mol. The lowest BCUT2D eigenvalue weighted by Crippen LogP contribution is -2.49. The maximum atomic E-state index is 9.87. The molecule has 0 aromatic heterocycles. The summed E-state index contributed by atoms with van der Waals surface area (Å²) in [6.45, 7) is -0.294. The Labute approximate surface area is 128 Å². The van der Waals surface area contributed by atoms with Crippen LogP contribution in [0.1, 0.15) is 5.56 Å². The number of aliphatic hydroxyl groups excluding tert-OH is 5. The van der Waals surface area contributed by atoms with Gasteiger partial charge >= 0.3 is 0 Å². The molecule has 8 N–H and O–H groups in total. The molecule has 1 aromatic rings. The van der Waals surface area contributed by atoms with E-state index in [1.165, 1.54) is 6.07 Å². The molecule has 0 unspecified atom stereocenters. The van der Waals surface area contributed by atoms with Crippen molar-refractivity contribution in [2.24, 2.45) is 0 Å². The van der Waals surface area contributed by atoms with Gasteiger partial charge in [0, 0.05) is 13.1 Å². The van der Waals surface area contributed by atoms with Gasteiger partial charge in [0.2, 0.25) is 0 Å². The van der Waals surface area contributed by atoms with Crippen LogP contribution in [-0.4, -0.2) is 80.2 Å². The highest BCUT2D eigenvalue weighted by atomic mass is 16.4. The van der Waals surface area contributed by atoms with E-state index >= 15 is 0 Å². The molecule has 0 saturated carbocycles. The van der Waals surface area contributed by atoms with E-state index in [0.29, 0.717) is 6.54 Å². The van der Waals surface area contributed by atoms with Gasteiger partial charge in [0.15, 0.2) is 0 Å². The number of phenolic OH excluding ortho intramolecular Hbond substituents is 1. The van der Waals surface area contributed by atoms with Gasteiger partial charge in [0.05, 0.1) is 18.4 Å². The quantitative estimate of drug-likeness (QED) is 0.212. The second kappa shape index (κ2) is 8.28. The smallest absolute Gasteiger partial charge is 0.138 e. The number of nitrogens with zero attached hydrogens (tertiary/aromatic N) is 1. The molecule has 1 aromatic carbocycles. The summed E-state index contributed by atoms with van der Waals surface area (Å²) >= 11 is 0. The third-order valence-corrected chi connectivity index (χ3v) is 3.37. The zero-order valence-corrected chi connectivity index (χ0v) is 12.4. The molecule has 126 valence electrons. The molecule has 0 fully saturated rings. The first-order valence-corrected chi connectivity index (χ1v) is 6.85. The van der Waals surface area contributed by atoms with Gasteiger partial charge in [-0.2, -0.15) is 0 Å². The fourth-order valence-electron chi connectivity index (χ4n) is 2.07. The second-order valence-corrected chi connectivity index (χ2v) is 5.39. The van der Waals surface area contributed by atoms with E-state index in [2.05, 4.69) is 0 Å². The van der Waals surface area contributed by atoms with E-state index in [9.17, 15) is 25.5 Å². The number of nitrogens with two attached hydrogens (primary N) is 1. The second-order valence-electron chi connectivity index (χ2n) is 5.39. The number of anilines is 1. The van der Waals surface area contributed by atoms with Crippen molar-refractivity contribution in [3.05, 3.63) is 23.8 Å². The van der Waals surface area contributed by atoms with Crippen molar-refractivity contribution in [3.8, 4) is 5.75 Å². The Bertz CT molecular complexity index is 473. The number of benzene rings is 1. The fourth-order valence-corrected chi connectivity index (χ4v) is 2.07. The SMILES string of the molecule is CN(Cc1ccc(O)c(N)c1)C[C@H](O)[C@@H](O)[C@H](O)[C@H](O)CO. The Morgan fingerprint density at radius 1 is 1.09 bits per heavy atom. The van der Waals surface area contributed by atoms with Crippen molar-refractivity contribution in [3.63, 3.8) is 0 Å². The third kappa shape index (κ3) is 5.09. The van der Waals surface area contributed by atoms with Crippen LogP contribution in [0, 0.1) is 0 Å².